The van der Waals surface area contributed by atoms with E-state index in [4.69, 9.17) is 4.74 Å². The highest BCUT2D eigenvalue weighted by Crippen LogP contribution is 2.27. The highest BCUT2D eigenvalue weighted by atomic mass is 32.2. The van der Waals surface area contributed by atoms with Gasteiger partial charge in [-0.25, -0.2) is 8.42 Å². The number of hydrogen-bond donors (Lipinski definition) is 0. The number of nitrogens with zero attached hydrogens (tertiary/aromatic N) is 1. The van der Waals surface area contributed by atoms with Gasteiger partial charge in [-0.2, -0.15) is 0 Å². The monoisotopic (exact) mass is 323 g/mol. The topological polar surface area (TPSA) is 46.6 Å². The van der Waals surface area contributed by atoms with Crippen LogP contribution in [0.25, 0.3) is 0 Å². The van der Waals surface area contributed by atoms with E-state index in [1.807, 2.05) is 6.92 Å². The lowest BCUT2D eigenvalue weighted by atomic mass is 10.3. The van der Waals surface area contributed by atoms with Crippen molar-refractivity contribution in [2.24, 2.45) is 0 Å². The van der Waals surface area contributed by atoms with Crippen LogP contribution in [0, 0.1) is 0 Å². The van der Waals surface area contributed by atoms with Crippen LogP contribution in [-0.2, 0) is 10.0 Å². The van der Waals surface area contributed by atoms with E-state index in [1.54, 1.807) is 47.9 Å². The molecule has 0 unspecified atom stereocenters. The lowest BCUT2D eigenvalue weighted by molar-refractivity contribution is 0.340. The van der Waals surface area contributed by atoms with E-state index in [0.29, 0.717) is 22.3 Å². The molecule has 0 atom stereocenters. The zero-order valence-corrected chi connectivity index (χ0v) is 13.4. The highest BCUT2D eigenvalue weighted by molar-refractivity contribution is 7.94. The Morgan fingerprint density at radius 1 is 1.29 bits per heavy atom. The minimum atomic E-state index is -3.56. The predicted molar refractivity (Wildman–Crippen MR) is 86.7 cm³/mol. The smallest absolute Gasteiger partial charge is 0.274 e. The van der Waals surface area contributed by atoms with Gasteiger partial charge in [0.25, 0.3) is 10.0 Å². The van der Waals surface area contributed by atoms with Gasteiger partial charge in [0.2, 0.25) is 0 Å². The SMILES string of the molecule is C=CCN(c1ccc(OCC)cc1)S(=O)(=O)c1cccs1. The summed E-state index contributed by atoms with van der Waals surface area (Å²) in [4.78, 5) is 0. The number of sulfonamides is 1. The van der Waals surface area contributed by atoms with E-state index < -0.39 is 10.0 Å². The maximum absolute atomic E-state index is 12.7. The summed E-state index contributed by atoms with van der Waals surface area (Å²) in [6.45, 7) is 6.33. The van der Waals surface area contributed by atoms with Gasteiger partial charge in [-0.15, -0.1) is 17.9 Å². The maximum Gasteiger partial charge on any atom is 0.274 e. The molecule has 0 N–H and O–H groups in total. The first-order valence-corrected chi connectivity index (χ1v) is 8.81. The molecule has 0 bridgehead atoms. The standard InChI is InChI=1S/C15H17NO3S2/c1-3-11-16(21(17,18)15-6-5-12-20-15)13-7-9-14(10-8-13)19-4-2/h3,5-10,12H,1,4,11H2,2H3. The molecule has 0 spiro atoms. The Balaban J connectivity index is 2.37. The minimum absolute atomic E-state index is 0.216. The molecule has 2 rings (SSSR count). The molecule has 112 valence electrons. The Labute approximate surface area is 129 Å². The van der Waals surface area contributed by atoms with Crippen LogP contribution in [0.3, 0.4) is 0 Å². The largest absolute Gasteiger partial charge is 0.494 e. The average Bonchev–Trinajstić information content (AvgIpc) is 3.01. The van der Waals surface area contributed by atoms with E-state index in [0.717, 1.165) is 0 Å². The van der Waals surface area contributed by atoms with Crippen molar-refractivity contribution < 1.29 is 13.2 Å². The van der Waals surface area contributed by atoms with Crippen LogP contribution >= 0.6 is 11.3 Å². The molecule has 1 aromatic heterocycles. The summed E-state index contributed by atoms with van der Waals surface area (Å²) in [6, 6.07) is 10.3. The third-order valence-electron chi connectivity index (χ3n) is 2.77. The molecule has 6 heteroatoms. The third-order valence-corrected chi connectivity index (χ3v) is 5.94. The molecule has 1 heterocycles. The number of thiophene rings is 1. The molecule has 1 aromatic carbocycles. The second-order valence-corrected chi connectivity index (χ2v) is 7.22. The molecular weight excluding hydrogens is 306 g/mol. The van der Waals surface area contributed by atoms with Crippen molar-refractivity contribution in [3.8, 4) is 5.75 Å². The van der Waals surface area contributed by atoms with Gasteiger partial charge >= 0.3 is 0 Å². The van der Waals surface area contributed by atoms with Crippen LogP contribution in [0.4, 0.5) is 5.69 Å². The van der Waals surface area contributed by atoms with E-state index in [2.05, 4.69) is 6.58 Å². The minimum Gasteiger partial charge on any atom is -0.494 e. The Kier molecular flexibility index (Phi) is 5.03. The van der Waals surface area contributed by atoms with E-state index in [-0.39, 0.29) is 6.54 Å². The molecule has 0 aliphatic rings. The van der Waals surface area contributed by atoms with Gasteiger partial charge in [-0.1, -0.05) is 12.1 Å². The number of anilines is 1. The third kappa shape index (κ3) is 3.46. The normalized spacial score (nSPS) is 11.1. The Morgan fingerprint density at radius 3 is 2.52 bits per heavy atom. The molecule has 2 aromatic rings. The van der Waals surface area contributed by atoms with Gasteiger partial charge in [0.15, 0.2) is 0 Å². The first kappa shape index (κ1) is 15.6. The molecule has 0 saturated carbocycles. The lowest BCUT2D eigenvalue weighted by Crippen LogP contribution is -2.30. The fraction of sp³-hybridized carbons (Fsp3) is 0.200. The van der Waals surface area contributed by atoms with Crippen molar-refractivity contribution in [3.63, 3.8) is 0 Å². The highest BCUT2D eigenvalue weighted by Gasteiger charge is 2.24. The second-order valence-electron chi connectivity index (χ2n) is 4.18. The molecule has 0 fully saturated rings. The first-order chi connectivity index (χ1) is 10.1. The quantitative estimate of drug-likeness (QED) is 0.732. The van der Waals surface area contributed by atoms with Gasteiger partial charge in [-0.3, -0.25) is 4.31 Å². The first-order valence-electron chi connectivity index (χ1n) is 6.49. The van der Waals surface area contributed by atoms with Gasteiger partial charge in [-0.05, 0) is 42.6 Å². The van der Waals surface area contributed by atoms with Crippen molar-refractivity contribution in [1.82, 2.24) is 0 Å². The molecule has 0 saturated heterocycles. The Hall–Kier alpha value is -1.79. The average molecular weight is 323 g/mol. The number of ether oxygens (including phenoxy) is 1. The maximum atomic E-state index is 12.7. The lowest BCUT2D eigenvalue weighted by Gasteiger charge is -2.22. The fourth-order valence-electron chi connectivity index (χ4n) is 1.85. The molecule has 4 nitrogen and oxygen atoms in total. The zero-order valence-electron chi connectivity index (χ0n) is 11.7. The summed E-state index contributed by atoms with van der Waals surface area (Å²) in [6.07, 6.45) is 1.57. The van der Waals surface area contributed by atoms with Gasteiger partial charge < -0.3 is 4.74 Å². The van der Waals surface area contributed by atoms with Gasteiger partial charge in [0.05, 0.1) is 18.8 Å². The molecule has 0 amide bonds. The molecule has 0 aliphatic carbocycles. The Bertz CT molecular complexity index is 676. The van der Waals surface area contributed by atoms with Crippen LogP contribution in [-0.4, -0.2) is 21.6 Å². The molecular formula is C15H17NO3S2. The van der Waals surface area contributed by atoms with Crippen LogP contribution in [0.5, 0.6) is 5.75 Å². The fourth-order valence-corrected chi connectivity index (χ4v) is 4.39. The Morgan fingerprint density at radius 2 is 2.00 bits per heavy atom. The van der Waals surface area contributed by atoms with E-state index >= 15 is 0 Å². The molecule has 0 aliphatic heterocycles. The van der Waals surface area contributed by atoms with Crippen molar-refractivity contribution in [2.75, 3.05) is 17.5 Å². The van der Waals surface area contributed by atoms with Crippen LogP contribution in [0.15, 0.2) is 58.6 Å². The van der Waals surface area contributed by atoms with Gasteiger partial charge in [0, 0.05) is 0 Å². The van der Waals surface area contributed by atoms with Crippen molar-refractivity contribution in [1.29, 1.82) is 0 Å². The van der Waals surface area contributed by atoms with Crippen LogP contribution in [0.1, 0.15) is 6.92 Å². The summed E-state index contributed by atoms with van der Waals surface area (Å²) in [5.74, 6) is 0.716. The molecule has 21 heavy (non-hydrogen) atoms. The number of benzene rings is 1. The second kappa shape index (κ2) is 6.78. The van der Waals surface area contributed by atoms with Crippen molar-refractivity contribution in [3.05, 3.63) is 54.4 Å². The van der Waals surface area contributed by atoms with E-state index in [1.165, 1.54) is 15.6 Å². The van der Waals surface area contributed by atoms with Gasteiger partial charge in [0.1, 0.15) is 9.96 Å². The summed E-state index contributed by atoms with van der Waals surface area (Å²) in [7, 11) is -3.56. The summed E-state index contributed by atoms with van der Waals surface area (Å²) < 4.78 is 32.3. The number of hydrogen-bond acceptors (Lipinski definition) is 4. The van der Waals surface area contributed by atoms with E-state index in [9.17, 15) is 8.42 Å². The zero-order chi connectivity index (χ0) is 15.3. The summed E-state index contributed by atoms with van der Waals surface area (Å²) in [5.41, 5.74) is 0.590. The molecule has 0 radical (unpaired) electrons. The summed E-state index contributed by atoms with van der Waals surface area (Å²) >= 11 is 1.20. The summed E-state index contributed by atoms with van der Waals surface area (Å²) in [5, 5.41) is 1.75. The van der Waals surface area contributed by atoms with Crippen molar-refractivity contribution >= 4 is 27.0 Å². The van der Waals surface area contributed by atoms with Crippen LogP contribution < -0.4 is 9.04 Å². The predicted octanol–water partition coefficient (Wildman–Crippen LogP) is 3.53. The number of rotatable bonds is 7. The van der Waals surface area contributed by atoms with Crippen LogP contribution in [0.2, 0.25) is 0 Å². The van der Waals surface area contributed by atoms with Crippen molar-refractivity contribution in [2.45, 2.75) is 11.1 Å².